The molecule has 1 saturated carbocycles. The van der Waals surface area contributed by atoms with Gasteiger partial charge in [0.05, 0.1) is 18.6 Å². The average molecular weight is 410 g/mol. The molecule has 1 N–H and O–H groups in total. The van der Waals surface area contributed by atoms with E-state index in [0.717, 1.165) is 29.6 Å². The molecule has 0 aliphatic heterocycles. The van der Waals surface area contributed by atoms with E-state index in [2.05, 4.69) is 20.1 Å². The Morgan fingerprint density at radius 2 is 2.00 bits per heavy atom. The molecule has 0 atom stereocenters. The maximum atomic E-state index is 12.6. The summed E-state index contributed by atoms with van der Waals surface area (Å²) in [7, 11) is 0. The summed E-state index contributed by atoms with van der Waals surface area (Å²) in [5, 5.41) is 12.2. The summed E-state index contributed by atoms with van der Waals surface area (Å²) < 4.78 is 7.53. The number of Topliss-reactive ketones (excluding diaryl/α,β-unsaturated/α-hetero) is 1. The van der Waals surface area contributed by atoms with E-state index in [4.69, 9.17) is 4.42 Å². The Hall–Kier alpha value is -2.87. The van der Waals surface area contributed by atoms with Gasteiger partial charge in [0.25, 0.3) is 0 Å². The lowest BCUT2D eigenvalue weighted by molar-refractivity contribution is -0.115. The number of nitrogens with zero attached hydrogens (tertiary/aromatic N) is 3. The Kier molecular flexibility index (Phi) is 5.80. The molecule has 0 unspecified atom stereocenters. The molecule has 0 bridgehead atoms. The number of furan rings is 1. The van der Waals surface area contributed by atoms with Crippen molar-refractivity contribution in [1.82, 2.24) is 14.8 Å². The Morgan fingerprint density at radius 1 is 1.21 bits per heavy atom. The number of aromatic nitrogens is 3. The molecule has 0 spiro atoms. The van der Waals surface area contributed by atoms with Crippen molar-refractivity contribution in [2.75, 3.05) is 11.1 Å². The van der Waals surface area contributed by atoms with Crippen LogP contribution in [0.1, 0.15) is 54.0 Å². The summed E-state index contributed by atoms with van der Waals surface area (Å²) in [5.74, 6) is 2.47. The number of carbonyl (C=O) groups is 2. The van der Waals surface area contributed by atoms with Crippen LogP contribution < -0.4 is 5.32 Å². The van der Waals surface area contributed by atoms with Crippen LogP contribution in [0.15, 0.2) is 52.2 Å². The van der Waals surface area contributed by atoms with Crippen molar-refractivity contribution in [2.24, 2.45) is 0 Å². The topological polar surface area (TPSA) is 90.0 Å². The van der Waals surface area contributed by atoms with E-state index in [9.17, 15) is 9.59 Å². The second-order valence-corrected chi connectivity index (χ2v) is 7.91. The Bertz CT molecular complexity index is 992. The quantitative estimate of drug-likeness (QED) is 0.422. The number of ketones is 1. The van der Waals surface area contributed by atoms with Crippen LogP contribution in [0.25, 0.3) is 0 Å². The zero-order chi connectivity index (χ0) is 20.2. The largest absolute Gasteiger partial charge is 0.467 e. The maximum Gasteiger partial charge on any atom is 0.224 e. The summed E-state index contributed by atoms with van der Waals surface area (Å²) in [6.45, 7) is 2.36. The Labute approximate surface area is 172 Å². The smallest absolute Gasteiger partial charge is 0.224 e. The minimum atomic E-state index is -0.0537. The number of hydrogen-bond donors (Lipinski definition) is 1. The van der Waals surface area contributed by atoms with E-state index in [1.54, 1.807) is 37.5 Å². The zero-order valence-corrected chi connectivity index (χ0v) is 16.9. The molecule has 2 heterocycles. The second-order valence-electron chi connectivity index (χ2n) is 6.97. The van der Waals surface area contributed by atoms with Crippen LogP contribution in [0.2, 0.25) is 0 Å². The number of carbonyl (C=O) groups excluding carboxylic acids is 2. The van der Waals surface area contributed by atoms with Crippen molar-refractivity contribution in [3.8, 4) is 0 Å². The molecule has 1 aliphatic rings. The molecule has 1 fully saturated rings. The van der Waals surface area contributed by atoms with Gasteiger partial charge in [-0.1, -0.05) is 18.7 Å². The lowest BCUT2D eigenvalue weighted by Gasteiger charge is -2.08. The van der Waals surface area contributed by atoms with Gasteiger partial charge in [-0.3, -0.25) is 14.2 Å². The summed E-state index contributed by atoms with van der Waals surface area (Å²) >= 11 is 1.38. The highest BCUT2D eigenvalue weighted by molar-refractivity contribution is 7.99. The summed E-state index contributed by atoms with van der Waals surface area (Å²) in [6.07, 6.45) is 4.32. The van der Waals surface area contributed by atoms with Crippen molar-refractivity contribution < 1.29 is 14.0 Å². The number of thioether (sulfide) groups is 1. The highest BCUT2D eigenvalue weighted by Crippen LogP contribution is 2.40. The lowest BCUT2D eigenvalue weighted by Crippen LogP contribution is -2.10. The maximum absolute atomic E-state index is 12.6. The minimum Gasteiger partial charge on any atom is -0.467 e. The first-order chi connectivity index (χ1) is 14.1. The third-order valence-electron chi connectivity index (χ3n) is 4.73. The molecule has 2 aromatic heterocycles. The lowest BCUT2D eigenvalue weighted by atomic mass is 10.1. The Balaban J connectivity index is 1.42. The second kappa shape index (κ2) is 8.65. The van der Waals surface area contributed by atoms with Crippen molar-refractivity contribution in [3.63, 3.8) is 0 Å². The summed E-state index contributed by atoms with van der Waals surface area (Å²) in [4.78, 5) is 24.1. The van der Waals surface area contributed by atoms with Crippen LogP contribution in [0.4, 0.5) is 5.69 Å². The van der Waals surface area contributed by atoms with Crippen LogP contribution in [0.5, 0.6) is 0 Å². The molecule has 0 saturated heterocycles. The van der Waals surface area contributed by atoms with Gasteiger partial charge in [0.15, 0.2) is 10.9 Å². The number of anilines is 1. The zero-order valence-electron chi connectivity index (χ0n) is 16.1. The van der Waals surface area contributed by atoms with E-state index in [1.165, 1.54) is 11.8 Å². The van der Waals surface area contributed by atoms with E-state index < -0.39 is 0 Å². The molecule has 1 aliphatic carbocycles. The van der Waals surface area contributed by atoms with Crippen LogP contribution in [-0.4, -0.2) is 32.2 Å². The predicted octanol–water partition coefficient (Wildman–Crippen LogP) is 4.12. The number of benzene rings is 1. The summed E-state index contributed by atoms with van der Waals surface area (Å²) in [5.41, 5.74) is 1.29. The van der Waals surface area contributed by atoms with E-state index in [0.29, 0.717) is 30.1 Å². The standard InChI is InChI=1S/C21H22N4O3S/c1-2-19(27)22-16-9-7-14(8-10-16)18(26)13-29-21-24-23-20(15-5-6-15)25(21)12-17-4-3-11-28-17/h3-4,7-11,15H,2,5-6,12-13H2,1H3,(H,22,27). The molecule has 1 aromatic carbocycles. The third-order valence-corrected chi connectivity index (χ3v) is 5.69. The van der Waals surface area contributed by atoms with Crippen LogP contribution in [0.3, 0.4) is 0 Å². The van der Waals surface area contributed by atoms with Gasteiger partial charge in [-0.25, -0.2) is 0 Å². The highest BCUT2D eigenvalue weighted by Gasteiger charge is 2.30. The van der Waals surface area contributed by atoms with E-state index in [1.807, 2.05) is 12.1 Å². The molecule has 29 heavy (non-hydrogen) atoms. The van der Waals surface area contributed by atoms with Gasteiger partial charge in [0.2, 0.25) is 5.91 Å². The molecule has 4 rings (SSSR count). The molecule has 7 nitrogen and oxygen atoms in total. The molecule has 0 radical (unpaired) electrons. The molecule has 1 amide bonds. The fraction of sp³-hybridized carbons (Fsp3) is 0.333. The summed E-state index contributed by atoms with van der Waals surface area (Å²) in [6, 6.07) is 10.7. The fourth-order valence-electron chi connectivity index (χ4n) is 2.96. The highest BCUT2D eigenvalue weighted by atomic mass is 32.2. The average Bonchev–Trinajstić information content (AvgIpc) is 3.30. The normalized spacial score (nSPS) is 13.4. The third kappa shape index (κ3) is 4.76. The van der Waals surface area contributed by atoms with Crippen molar-refractivity contribution in [1.29, 1.82) is 0 Å². The molecular weight excluding hydrogens is 388 g/mol. The van der Waals surface area contributed by atoms with E-state index >= 15 is 0 Å². The number of hydrogen-bond acceptors (Lipinski definition) is 6. The number of rotatable bonds is 9. The van der Waals surface area contributed by atoms with Gasteiger partial charge < -0.3 is 9.73 Å². The molecule has 150 valence electrons. The number of amides is 1. The first-order valence-electron chi connectivity index (χ1n) is 9.65. The van der Waals surface area contributed by atoms with Crippen LogP contribution in [-0.2, 0) is 11.3 Å². The molecular formula is C21H22N4O3S. The molecule has 3 aromatic rings. The predicted molar refractivity (Wildman–Crippen MR) is 110 cm³/mol. The van der Waals surface area contributed by atoms with Gasteiger partial charge in [0, 0.05) is 23.6 Å². The van der Waals surface area contributed by atoms with Gasteiger partial charge in [-0.05, 0) is 49.2 Å². The van der Waals surface area contributed by atoms with Gasteiger partial charge in [-0.2, -0.15) is 0 Å². The first kappa shape index (κ1) is 19.4. The molecule has 8 heteroatoms. The first-order valence-corrected chi connectivity index (χ1v) is 10.6. The van der Waals surface area contributed by atoms with Crippen molar-refractivity contribution in [2.45, 2.75) is 43.8 Å². The van der Waals surface area contributed by atoms with Gasteiger partial charge in [0.1, 0.15) is 11.6 Å². The fourth-order valence-corrected chi connectivity index (χ4v) is 3.80. The van der Waals surface area contributed by atoms with E-state index in [-0.39, 0.29) is 17.4 Å². The van der Waals surface area contributed by atoms with Gasteiger partial charge in [-0.15, -0.1) is 10.2 Å². The monoisotopic (exact) mass is 410 g/mol. The minimum absolute atomic E-state index is 0.00360. The van der Waals surface area contributed by atoms with Crippen molar-refractivity contribution >= 4 is 29.1 Å². The Morgan fingerprint density at radius 3 is 2.66 bits per heavy atom. The van der Waals surface area contributed by atoms with Crippen LogP contribution >= 0.6 is 11.8 Å². The van der Waals surface area contributed by atoms with Crippen LogP contribution in [0, 0.1) is 0 Å². The SMILES string of the molecule is CCC(=O)Nc1ccc(C(=O)CSc2nnc(C3CC3)n2Cc2ccco2)cc1. The number of nitrogens with one attached hydrogen (secondary N) is 1. The van der Waals surface area contributed by atoms with Gasteiger partial charge >= 0.3 is 0 Å². The van der Waals surface area contributed by atoms with Crippen molar-refractivity contribution in [3.05, 3.63) is 59.8 Å².